The summed E-state index contributed by atoms with van der Waals surface area (Å²) in [5.74, 6) is 1.17. The minimum absolute atomic E-state index is 0.0664. The van der Waals surface area contributed by atoms with Crippen molar-refractivity contribution in [2.45, 2.75) is 11.7 Å². The highest BCUT2D eigenvalue weighted by atomic mass is 32.2. The zero-order valence-electron chi connectivity index (χ0n) is 16.2. The molecule has 0 unspecified atom stereocenters. The van der Waals surface area contributed by atoms with Crippen molar-refractivity contribution in [3.8, 4) is 5.69 Å². The number of thioether (sulfide) groups is 1. The van der Waals surface area contributed by atoms with E-state index in [4.69, 9.17) is 4.74 Å². The molecule has 9 heteroatoms. The number of hydrogen-bond donors (Lipinski definition) is 0. The van der Waals surface area contributed by atoms with Crippen molar-refractivity contribution >= 4 is 35.0 Å². The van der Waals surface area contributed by atoms with Crippen molar-refractivity contribution in [1.82, 2.24) is 19.7 Å². The molecule has 0 saturated carbocycles. The fourth-order valence-electron chi connectivity index (χ4n) is 3.11. The van der Waals surface area contributed by atoms with E-state index in [0.29, 0.717) is 25.5 Å². The lowest BCUT2D eigenvalue weighted by atomic mass is 10.3. The summed E-state index contributed by atoms with van der Waals surface area (Å²) in [5, 5.41) is 13.6. The van der Waals surface area contributed by atoms with Crippen molar-refractivity contribution in [2.75, 3.05) is 44.0 Å². The number of carbonyl (C=O) groups excluding carboxylic acids is 1. The van der Waals surface area contributed by atoms with Crippen molar-refractivity contribution in [2.24, 2.45) is 0 Å². The summed E-state index contributed by atoms with van der Waals surface area (Å²) >= 11 is 3.06. The van der Waals surface area contributed by atoms with Crippen LogP contribution in [-0.2, 0) is 16.1 Å². The normalized spacial score (nSPS) is 14.2. The number of amides is 1. The van der Waals surface area contributed by atoms with Gasteiger partial charge in [-0.2, -0.15) is 11.3 Å². The maximum atomic E-state index is 12.6. The molecule has 0 radical (unpaired) electrons. The maximum absolute atomic E-state index is 12.6. The first-order valence-electron chi connectivity index (χ1n) is 9.44. The van der Waals surface area contributed by atoms with Gasteiger partial charge in [-0.3, -0.25) is 9.36 Å². The van der Waals surface area contributed by atoms with Gasteiger partial charge in [0.05, 0.1) is 24.7 Å². The Hall–Kier alpha value is -2.36. The molecular formula is C20H23N5O2S2. The molecule has 3 heterocycles. The third-order valence-corrected chi connectivity index (χ3v) is 6.32. The first-order valence-corrected chi connectivity index (χ1v) is 11.4. The van der Waals surface area contributed by atoms with Gasteiger partial charge in [0.15, 0.2) is 5.16 Å². The number of thiophene rings is 1. The molecular weight excluding hydrogens is 406 g/mol. The van der Waals surface area contributed by atoms with Crippen molar-refractivity contribution in [3.63, 3.8) is 0 Å². The Kier molecular flexibility index (Phi) is 6.48. The quantitative estimate of drug-likeness (QED) is 0.538. The summed E-state index contributed by atoms with van der Waals surface area (Å²) in [6.45, 7) is 3.52. The van der Waals surface area contributed by atoms with Crippen molar-refractivity contribution in [3.05, 3.63) is 52.7 Å². The van der Waals surface area contributed by atoms with E-state index in [2.05, 4.69) is 20.5 Å². The summed E-state index contributed by atoms with van der Waals surface area (Å²) in [6.07, 6.45) is 0. The maximum Gasteiger partial charge on any atom is 0.233 e. The molecule has 0 N–H and O–H groups in total. The van der Waals surface area contributed by atoms with Crippen molar-refractivity contribution < 1.29 is 9.53 Å². The third-order valence-electron chi connectivity index (χ3n) is 4.67. The molecule has 1 amide bonds. The fraction of sp³-hybridized carbons (Fsp3) is 0.350. The molecule has 0 atom stereocenters. The molecule has 0 bridgehead atoms. The molecule has 1 aliphatic heterocycles. The fourth-order valence-corrected chi connectivity index (χ4v) is 4.66. The van der Waals surface area contributed by atoms with Gasteiger partial charge >= 0.3 is 0 Å². The largest absolute Gasteiger partial charge is 0.378 e. The zero-order valence-corrected chi connectivity index (χ0v) is 17.9. The Bertz CT molecular complexity index is 924. The van der Waals surface area contributed by atoms with Crippen LogP contribution in [0.25, 0.3) is 5.69 Å². The van der Waals surface area contributed by atoms with Crippen LogP contribution in [-0.4, -0.2) is 64.7 Å². The van der Waals surface area contributed by atoms with Gasteiger partial charge in [0.25, 0.3) is 0 Å². The lowest BCUT2D eigenvalue weighted by Crippen LogP contribution is -2.37. The topological polar surface area (TPSA) is 63.5 Å². The number of carbonyl (C=O) groups is 1. The van der Waals surface area contributed by atoms with Crippen LogP contribution in [0.4, 0.5) is 5.95 Å². The number of benzene rings is 1. The first-order chi connectivity index (χ1) is 14.2. The summed E-state index contributed by atoms with van der Waals surface area (Å²) < 4.78 is 7.50. The number of nitrogens with zero attached hydrogens (tertiary/aromatic N) is 5. The first kappa shape index (κ1) is 19.9. The molecule has 1 fully saturated rings. The summed E-state index contributed by atoms with van der Waals surface area (Å²) in [6, 6.07) is 12.1. The van der Waals surface area contributed by atoms with E-state index in [-0.39, 0.29) is 5.91 Å². The number of ether oxygens (including phenoxy) is 1. The summed E-state index contributed by atoms with van der Waals surface area (Å²) in [5.41, 5.74) is 2.14. The van der Waals surface area contributed by atoms with Crippen molar-refractivity contribution in [1.29, 1.82) is 0 Å². The van der Waals surface area contributed by atoms with E-state index in [1.165, 1.54) is 11.8 Å². The van der Waals surface area contributed by atoms with Gasteiger partial charge in [0.2, 0.25) is 11.9 Å². The number of para-hydroxylation sites is 1. The molecule has 4 rings (SSSR count). The minimum Gasteiger partial charge on any atom is -0.378 e. The van der Waals surface area contributed by atoms with Crippen LogP contribution in [0.3, 0.4) is 0 Å². The smallest absolute Gasteiger partial charge is 0.233 e. The average molecular weight is 430 g/mol. The van der Waals surface area contributed by atoms with E-state index in [1.807, 2.05) is 53.4 Å². The second-order valence-corrected chi connectivity index (χ2v) is 8.45. The van der Waals surface area contributed by atoms with Gasteiger partial charge in [-0.25, -0.2) is 0 Å². The summed E-state index contributed by atoms with van der Waals surface area (Å²) in [7, 11) is 1.83. The van der Waals surface area contributed by atoms with E-state index in [9.17, 15) is 4.79 Å². The Labute approximate surface area is 178 Å². The van der Waals surface area contributed by atoms with E-state index in [0.717, 1.165) is 35.4 Å². The Balaban J connectivity index is 1.50. The predicted octanol–water partition coefficient (Wildman–Crippen LogP) is 2.92. The molecule has 152 valence electrons. The number of hydrogen-bond acceptors (Lipinski definition) is 7. The van der Waals surface area contributed by atoms with Crippen LogP contribution in [0.1, 0.15) is 5.56 Å². The number of morpholine rings is 1. The van der Waals surface area contributed by atoms with Gasteiger partial charge < -0.3 is 14.5 Å². The van der Waals surface area contributed by atoms with Crippen LogP contribution in [0.2, 0.25) is 0 Å². The van der Waals surface area contributed by atoms with Gasteiger partial charge in [-0.1, -0.05) is 30.0 Å². The zero-order chi connectivity index (χ0) is 20.1. The third kappa shape index (κ3) is 4.80. The lowest BCUT2D eigenvalue weighted by Gasteiger charge is -2.27. The molecule has 29 heavy (non-hydrogen) atoms. The molecule has 0 spiro atoms. The molecule has 3 aromatic rings. The van der Waals surface area contributed by atoms with Crippen LogP contribution < -0.4 is 4.90 Å². The Morgan fingerprint density at radius 3 is 2.72 bits per heavy atom. The average Bonchev–Trinajstić information content (AvgIpc) is 3.43. The van der Waals surface area contributed by atoms with Gasteiger partial charge in [-0.15, -0.1) is 10.2 Å². The molecule has 2 aromatic heterocycles. The van der Waals surface area contributed by atoms with Crippen LogP contribution in [0.15, 0.2) is 52.3 Å². The monoisotopic (exact) mass is 429 g/mol. The Morgan fingerprint density at radius 1 is 1.21 bits per heavy atom. The van der Waals surface area contributed by atoms with Gasteiger partial charge in [-0.05, 0) is 34.5 Å². The van der Waals surface area contributed by atoms with Gasteiger partial charge in [0, 0.05) is 26.7 Å². The van der Waals surface area contributed by atoms with E-state index < -0.39 is 0 Å². The Morgan fingerprint density at radius 2 is 2.00 bits per heavy atom. The van der Waals surface area contributed by atoms with Crippen LogP contribution >= 0.6 is 23.1 Å². The predicted molar refractivity (Wildman–Crippen MR) is 116 cm³/mol. The highest BCUT2D eigenvalue weighted by Gasteiger charge is 2.22. The number of anilines is 1. The SMILES string of the molecule is CN(Cc1ccsc1)C(=O)CSc1nnc(N2CCOCC2)n1-c1ccccc1. The lowest BCUT2D eigenvalue weighted by molar-refractivity contribution is -0.127. The highest BCUT2D eigenvalue weighted by Crippen LogP contribution is 2.27. The second-order valence-electron chi connectivity index (χ2n) is 6.72. The van der Waals surface area contributed by atoms with E-state index >= 15 is 0 Å². The molecule has 1 saturated heterocycles. The number of aromatic nitrogens is 3. The highest BCUT2D eigenvalue weighted by molar-refractivity contribution is 7.99. The summed E-state index contributed by atoms with van der Waals surface area (Å²) in [4.78, 5) is 16.6. The molecule has 7 nitrogen and oxygen atoms in total. The standard InChI is InChI=1S/C20H23N5O2S2/c1-23(13-16-7-12-28-14-16)18(26)15-29-20-22-21-19(24-8-10-27-11-9-24)25(20)17-5-3-2-4-6-17/h2-7,12,14H,8-11,13,15H2,1H3. The molecule has 1 aliphatic rings. The molecule has 0 aliphatic carbocycles. The number of rotatable bonds is 7. The van der Waals surface area contributed by atoms with Crippen LogP contribution in [0.5, 0.6) is 0 Å². The molecule has 1 aromatic carbocycles. The van der Waals surface area contributed by atoms with E-state index in [1.54, 1.807) is 16.2 Å². The minimum atomic E-state index is 0.0664. The second kappa shape index (κ2) is 9.43. The van der Waals surface area contributed by atoms with Crippen LogP contribution in [0, 0.1) is 0 Å². The van der Waals surface area contributed by atoms with Gasteiger partial charge in [0.1, 0.15) is 0 Å².